The van der Waals surface area contributed by atoms with E-state index in [1.807, 2.05) is 54.5 Å². The summed E-state index contributed by atoms with van der Waals surface area (Å²) in [6, 6.07) is 12.0. The third kappa shape index (κ3) is 6.85. The molecule has 0 fully saturated rings. The van der Waals surface area contributed by atoms with Crippen molar-refractivity contribution in [2.24, 2.45) is 11.3 Å². The Labute approximate surface area is 189 Å². The van der Waals surface area contributed by atoms with Gasteiger partial charge in [-0.2, -0.15) is 0 Å². The van der Waals surface area contributed by atoms with E-state index in [1.54, 1.807) is 16.2 Å². The van der Waals surface area contributed by atoms with Crippen molar-refractivity contribution in [2.45, 2.75) is 47.7 Å². The summed E-state index contributed by atoms with van der Waals surface area (Å²) in [5, 5.41) is 2.05. The number of amides is 2. The highest BCUT2D eigenvalue weighted by atomic mass is 35.5. The number of rotatable bonds is 10. The third-order valence-electron chi connectivity index (χ3n) is 4.98. The zero-order valence-electron chi connectivity index (χ0n) is 18.7. The molecule has 1 heterocycles. The largest absolute Gasteiger partial charge is 0.333 e. The second-order valence-electron chi connectivity index (χ2n) is 8.86. The van der Waals surface area contributed by atoms with Crippen molar-refractivity contribution < 1.29 is 9.59 Å². The number of carbonyl (C=O) groups is 2. The zero-order chi connectivity index (χ0) is 22.3. The van der Waals surface area contributed by atoms with Crippen molar-refractivity contribution in [3.63, 3.8) is 0 Å². The predicted molar refractivity (Wildman–Crippen MR) is 126 cm³/mol. The van der Waals surface area contributed by atoms with Crippen LogP contribution in [0.1, 0.15) is 43.7 Å². The number of alkyl halides is 1. The molecule has 0 spiro atoms. The second kappa shape index (κ2) is 11.0. The van der Waals surface area contributed by atoms with Crippen LogP contribution < -0.4 is 0 Å². The zero-order valence-corrected chi connectivity index (χ0v) is 20.2. The first-order valence-corrected chi connectivity index (χ1v) is 11.8. The molecule has 0 atom stereocenters. The molecule has 164 valence electrons. The van der Waals surface area contributed by atoms with Crippen molar-refractivity contribution in [1.29, 1.82) is 0 Å². The van der Waals surface area contributed by atoms with Crippen LogP contribution in [-0.2, 0) is 22.7 Å². The molecule has 1 aromatic carbocycles. The molecule has 0 saturated carbocycles. The van der Waals surface area contributed by atoms with E-state index in [9.17, 15) is 9.59 Å². The maximum atomic E-state index is 13.4. The number of hydrogen-bond donors (Lipinski definition) is 0. The first-order valence-electron chi connectivity index (χ1n) is 10.3. The van der Waals surface area contributed by atoms with E-state index in [-0.39, 0.29) is 30.2 Å². The number of hydrogen-bond acceptors (Lipinski definition) is 3. The molecule has 30 heavy (non-hydrogen) atoms. The van der Waals surface area contributed by atoms with E-state index in [0.717, 1.165) is 5.56 Å². The first kappa shape index (κ1) is 24.4. The summed E-state index contributed by atoms with van der Waals surface area (Å²) < 4.78 is 0. The smallest absolute Gasteiger partial charge is 0.242 e. The van der Waals surface area contributed by atoms with Gasteiger partial charge in [0.1, 0.15) is 0 Å². The molecule has 0 aliphatic heterocycles. The summed E-state index contributed by atoms with van der Waals surface area (Å²) in [5.74, 6) is 0.351. The van der Waals surface area contributed by atoms with Crippen molar-refractivity contribution in [1.82, 2.24) is 9.80 Å². The quantitative estimate of drug-likeness (QED) is 0.460. The van der Waals surface area contributed by atoms with E-state index in [2.05, 4.69) is 26.8 Å². The molecule has 4 nitrogen and oxygen atoms in total. The molecule has 0 aliphatic rings. The lowest BCUT2D eigenvalue weighted by atomic mass is 9.93. The van der Waals surface area contributed by atoms with Gasteiger partial charge in [-0.3, -0.25) is 9.59 Å². The topological polar surface area (TPSA) is 40.6 Å². The summed E-state index contributed by atoms with van der Waals surface area (Å²) in [5.41, 5.74) is 1.55. The van der Waals surface area contributed by atoms with Gasteiger partial charge in [0.15, 0.2) is 0 Å². The molecule has 2 amide bonds. The lowest BCUT2D eigenvalue weighted by molar-refractivity contribution is -0.146. The lowest BCUT2D eigenvalue weighted by Crippen LogP contribution is -2.48. The Morgan fingerprint density at radius 2 is 1.73 bits per heavy atom. The molecule has 6 heteroatoms. The van der Waals surface area contributed by atoms with Crippen LogP contribution in [0.5, 0.6) is 0 Å². The Morgan fingerprint density at radius 3 is 2.27 bits per heavy atom. The van der Waals surface area contributed by atoms with Crippen LogP contribution in [0.3, 0.4) is 0 Å². The van der Waals surface area contributed by atoms with Crippen molar-refractivity contribution in [3.05, 3.63) is 57.8 Å². The number of carbonyl (C=O) groups excluding carboxylic acids is 2. The molecular formula is C24H33ClN2O2S. The number of nitrogens with zero attached hydrogens (tertiary/aromatic N) is 2. The Bertz CT molecular complexity index is 833. The average Bonchev–Trinajstić information content (AvgIpc) is 3.11. The molecule has 0 unspecified atom stereocenters. The van der Waals surface area contributed by atoms with Crippen molar-refractivity contribution in [2.75, 3.05) is 19.0 Å². The second-order valence-corrected chi connectivity index (χ2v) is 10.1. The van der Waals surface area contributed by atoms with Crippen LogP contribution in [0.25, 0.3) is 0 Å². The fourth-order valence-electron chi connectivity index (χ4n) is 3.18. The van der Waals surface area contributed by atoms with Crippen molar-refractivity contribution in [3.8, 4) is 0 Å². The molecular weight excluding hydrogens is 416 g/mol. The SMILES string of the molecule is Cc1ccsc1CN(Cc1ccccc1)C(=O)CN(CC(C)C)C(=O)C(C)(C)CCl. The maximum Gasteiger partial charge on any atom is 0.242 e. The minimum atomic E-state index is -0.703. The molecule has 0 N–H and O–H groups in total. The van der Waals surface area contributed by atoms with E-state index in [4.69, 9.17) is 11.6 Å². The highest BCUT2D eigenvalue weighted by Crippen LogP contribution is 2.23. The van der Waals surface area contributed by atoms with Gasteiger partial charge < -0.3 is 9.80 Å². The highest BCUT2D eigenvalue weighted by Gasteiger charge is 2.33. The van der Waals surface area contributed by atoms with Crippen LogP contribution in [0.4, 0.5) is 0 Å². The standard InChI is InChI=1S/C24H33ClN2O2S/c1-18(2)13-27(23(29)24(4,5)17-25)16-22(28)26(14-20-9-7-6-8-10-20)15-21-19(3)11-12-30-21/h6-12,18H,13-17H2,1-5H3. The van der Waals surface area contributed by atoms with Gasteiger partial charge >= 0.3 is 0 Å². The van der Waals surface area contributed by atoms with Crippen LogP contribution >= 0.6 is 22.9 Å². The van der Waals surface area contributed by atoms with Gasteiger partial charge in [0.2, 0.25) is 11.8 Å². The summed E-state index contributed by atoms with van der Waals surface area (Å²) in [7, 11) is 0. The molecule has 2 rings (SSSR count). The molecule has 0 saturated heterocycles. The maximum absolute atomic E-state index is 13.4. The summed E-state index contributed by atoms with van der Waals surface area (Å²) in [6.45, 7) is 11.5. The molecule has 1 aromatic heterocycles. The average molecular weight is 449 g/mol. The van der Waals surface area contributed by atoms with Crippen molar-refractivity contribution >= 4 is 34.8 Å². The van der Waals surface area contributed by atoms with Gasteiger partial charge in [0.25, 0.3) is 0 Å². The molecule has 0 aliphatic carbocycles. The summed E-state index contributed by atoms with van der Waals surface area (Å²) >= 11 is 7.70. The molecule has 0 bridgehead atoms. The van der Waals surface area contributed by atoms with Gasteiger partial charge in [0.05, 0.1) is 18.5 Å². The predicted octanol–water partition coefficient (Wildman–Crippen LogP) is 5.33. The minimum Gasteiger partial charge on any atom is -0.333 e. The number of halogens is 1. The van der Waals surface area contributed by atoms with Gasteiger partial charge in [-0.15, -0.1) is 22.9 Å². The van der Waals surface area contributed by atoms with Gasteiger partial charge in [0, 0.05) is 23.8 Å². The van der Waals surface area contributed by atoms with Gasteiger partial charge in [-0.1, -0.05) is 44.2 Å². The van der Waals surface area contributed by atoms with Crippen LogP contribution in [0.2, 0.25) is 0 Å². The minimum absolute atomic E-state index is 0.0500. The van der Waals surface area contributed by atoms with Crippen LogP contribution in [0, 0.1) is 18.3 Å². The highest BCUT2D eigenvalue weighted by molar-refractivity contribution is 7.10. The van der Waals surface area contributed by atoms with Crippen LogP contribution in [-0.4, -0.2) is 40.6 Å². The number of thiophene rings is 1. The van der Waals surface area contributed by atoms with Crippen LogP contribution in [0.15, 0.2) is 41.8 Å². The first-order chi connectivity index (χ1) is 14.1. The fraction of sp³-hybridized carbons (Fsp3) is 0.500. The molecule has 0 radical (unpaired) electrons. The van der Waals surface area contributed by atoms with E-state index in [1.165, 1.54) is 10.4 Å². The van der Waals surface area contributed by atoms with E-state index >= 15 is 0 Å². The van der Waals surface area contributed by atoms with Gasteiger partial charge in [-0.05, 0) is 49.3 Å². The van der Waals surface area contributed by atoms with E-state index in [0.29, 0.717) is 19.6 Å². The Kier molecular flexibility index (Phi) is 8.92. The van der Waals surface area contributed by atoms with E-state index < -0.39 is 5.41 Å². The third-order valence-corrected chi connectivity index (χ3v) is 6.66. The van der Waals surface area contributed by atoms with Gasteiger partial charge in [-0.25, -0.2) is 0 Å². The monoisotopic (exact) mass is 448 g/mol. The summed E-state index contributed by atoms with van der Waals surface area (Å²) in [4.78, 5) is 31.2. The molecule has 2 aromatic rings. The number of benzene rings is 1. The fourth-order valence-corrected chi connectivity index (χ4v) is 4.22. The Morgan fingerprint density at radius 1 is 1.07 bits per heavy atom. The Hall–Kier alpha value is -1.85. The summed E-state index contributed by atoms with van der Waals surface area (Å²) in [6.07, 6.45) is 0. The normalized spacial score (nSPS) is 11.6. The lowest BCUT2D eigenvalue weighted by Gasteiger charge is -2.33. The number of aryl methyl sites for hydroxylation is 1. The Balaban J connectivity index is 2.25.